The van der Waals surface area contributed by atoms with Crippen LogP contribution in [0.15, 0.2) is 16.9 Å². The van der Waals surface area contributed by atoms with Gasteiger partial charge in [-0.15, -0.1) is 0 Å². The maximum atomic E-state index is 13.1. The van der Waals surface area contributed by atoms with Gasteiger partial charge in [-0.2, -0.15) is 8.42 Å². The van der Waals surface area contributed by atoms with Gasteiger partial charge in [0.15, 0.2) is 0 Å². The quantitative estimate of drug-likeness (QED) is 0.725. The second kappa shape index (κ2) is 7.15. The Balaban J connectivity index is 2.16. The molecule has 3 rings (SSSR count). The van der Waals surface area contributed by atoms with Crippen LogP contribution in [0.1, 0.15) is 50.8 Å². The molecule has 1 unspecified atom stereocenters. The fourth-order valence-electron chi connectivity index (χ4n) is 3.76. The number of aromatic nitrogens is 2. The van der Waals surface area contributed by atoms with Gasteiger partial charge in [0.25, 0.3) is 15.7 Å². The number of hydrogen-bond donors (Lipinski definition) is 0. The Kier molecular flexibility index (Phi) is 5.31. The first-order chi connectivity index (χ1) is 12.9. The molecule has 2 aromatic rings. The Bertz CT molecular complexity index is 1060. The molecular weight excluding hydrogens is 378 g/mol. The van der Waals surface area contributed by atoms with E-state index in [9.17, 15) is 13.2 Å². The zero-order valence-corrected chi connectivity index (χ0v) is 18.3. The average Bonchev–Trinajstić information content (AvgIpc) is 2.57. The van der Waals surface area contributed by atoms with Crippen LogP contribution < -0.4 is 10.5 Å². The van der Waals surface area contributed by atoms with Gasteiger partial charge >= 0.3 is 0 Å². The van der Waals surface area contributed by atoms with Gasteiger partial charge in [0.2, 0.25) is 5.95 Å². The number of rotatable bonds is 4. The van der Waals surface area contributed by atoms with E-state index in [-0.39, 0.29) is 11.0 Å². The zero-order valence-electron chi connectivity index (χ0n) is 17.4. The lowest BCUT2D eigenvalue weighted by atomic mass is 9.83. The van der Waals surface area contributed by atoms with Gasteiger partial charge in [0, 0.05) is 25.7 Å². The molecule has 7 nitrogen and oxygen atoms in total. The predicted octanol–water partition coefficient (Wildman–Crippen LogP) is 2.91. The summed E-state index contributed by atoms with van der Waals surface area (Å²) in [7, 11) is -1.90. The van der Waals surface area contributed by atoms with Crippen LogP contribution in [0.4, 0.5) is 5.95 Å². The summed E-state index contributed by atoms with van der Waals surface area (Å²) in [6.07, 6.45) is 2.34. The van der Waals surface area contributed by atoms with Crippen LogP contribution in [0.25, 0.3) is 10.9 Å². The zero-order chi connectivity index (χ0) is 20.9. The standard InChI is InChI=1S/C20H29N3O4S/c1-13-11-15(14(2)27-28(6,25)26)17-16(12-13)18(24)22(5)19(21-17)23-9-7-20(3,4)8-10-23/h11-12,14H,7-10H2,1-6H3. The summed E-state index contributed by atoms with van der Waals surface area (Å²) < 4.78 is 30.0. The van der Waals surface area contributed by atoms with E-state index < -0.39 is 16.2 Å². The van der Waals surface area contributed by atoms with E-state index in [1.807, 2.05) is 13.0 Å². The normalized spacial score (nSPS) is 18.4. The summed E-state index contributed by atoms with van der Waals surface area (Å²) in [4.78, 5) is 20.0. The van der Waals surface area contributed by atoms with Crippen molar-refractivity contribution < 1.29 is 12.6 Å². The molecule has 0 aliphatic carbocycles. The fraction of sp³-hybridized carbons (Fsp3) is 0.600. The van der Waals surface area contributed by atoms with Crippen molar-refractivity contribution in [3.63, 3.8) is 0 Å². The molecule has 0 amide bonds. The average molecular weight is 408 g/mol. The highest BCUT2D eigenvalue weighted by Crippen LogP contribution is 2.32. The van der Waals surface area contributed by atoms with E-state index in [1.165, 1.54) is 0 Å². The first-order valence-electron chi connectivity index (χ1n) is 9.52. The van der Waals surface area contributed by atoms with Crippen molar-refractivity contribution in [1.82, 2.24) is 9.55 Å². The largest absolute Gasteiger partial charge is 0.342 e. The first kappa shape index (κ1) is 20.8. The number of anilines is 1. The van der Waals surface area contributed by atoms with Gasteiger partial charge in [-0.05, 0) is 43.7 Å². The number of piperidine rings is 1. The third-order valence-electron chi connectivity index (χ3n) is 5.49. The summed E-state index contributed by atoms with van der Waals surface area (Å²) in [5, 5.41) is 0.475. The molecular formula is C20H29N3O4S. The van der Waals surface area contributed by atoms with E-state index in [1.54, 1.807) is 24.6 Å². The van der Waals surface area contributed by atoms with Crippen LogP contribution in [0.3, 0.4) is 0 Å². The lowest BCUT2D eigenvalue weighted by molar-refractivity contribution is 0.238. The van der Waals surface area contributed by atoms with Crippen molar-refractivity contribution in [3.8, 4) is 0 Å². The second-order valence-corrected chi connectivity index (χ2v) is 10.2. The summed E-state index contributed by atoms with van der Waals surface area (Å²) in [5.41, 5.74) is 2.12. The minimum atomic E-state index is -3.64. The second-order valence-electron chi connectivity index (χ2n) is 8.62. The minimum Gasteiger partial charge on any atom is -0.342 e. The third-order valence-corrected chi connectivity index (χ3v) is 6.13. The van der Waals surface area contributed by atoms with Crippen LogP contribution in [-0.2, 0) is 21.3 Å². The van der Waals surface area contributed by atoms with Gasteiger partial charge < -0.3 is 4.90 Å². The molecule has 8 heteroatoms. The van der Waals surface area contributed by atoms with E-state index in [0.29, 0.717) is 22.4 Å². The Morgan fingerprint density at radius 1 is 1.21 bits per heavy atom. The van der Waals surface area contributed by atoms with Gasteiger partial charge in [0.05, 0.1) is 17.2 Å². The maximum absolute atomic E-state index is 13.1. The summed E-state index contributed by atoms with van der Waals surface area (Å²) >= 11 is 0. The van der Waals surface area contributed by atoms with Crippen LogP contribution in [0.2, 0.25) is 0 Å². The lowest BCUT2D eigenvalue weighted by Gasteiger charge is -2.38. The van der Waals surface area contributed by atoms with Crippen molar-refractivity contribution in [2.75, 3.05) is 24.2 Å². The van der Waals surface area contributed by atoms with Gasteiger partial charge in [-0.3, -0.25) is 13.5 Å². The van der Waals surface area contributed by atoms with Crippen LogP contribution in [0, 0.1) is 12.3 Å². The van der Waals surface area contributed by atoms with Crippen molar-refractivity contribution in [2.45, 2.75) is 46.6 Å². The van der Waals surface area contributed by atoms with E-state index >= 15 is 0 Å². The van der Waals surface area contributed by atoms with Crippen molar-refractivity contribution in [1.29, 1.82) is 0 Å². The molecule has 0 N–H and O–H groups in total. The fourth-order valence-corrected chi connectivity index (χ4v) is 4.39. The van der Waals surface area contributed by atoms with Crippen LogP contribution in [0.5, 0.6) is 0 Å². The molecule has 154 valence electrons. The molecule has 1 aliphatic heterocycles. The molecule has 1 saturated heterocycles. The summed E-state index contributed by atoms with van der Waals surface area (Å²) in [6.45, 7) is 9.70. The number of hydrogen-bond acceptors (Lipinski definition) is 6. The highest BCUT2D eigenvalue weighted by Gasteiger charge is 2.28. The topological polar surface area (TPSA) is 81.5 Å². The minimum absolute atomic E-state index is 0.138. The Morgan fingerprint density at radius 3 is 2.39 bits per heavy atom. The van der Waals surface area contributed by atoms with Gasteiger partial charge in [-0.1, -0.05) is 19.9 Å². The lowest BCUT2D eigenvalue weighted by Crippen LogP contribution is -2.40. The third kappa shape index (κ3) is 4.22. The molecule has 1 aromatic heterocycles. The maximum Gasteiger partial charge on any atom is 0.264 e. The van der Waals surface area contributed by atoms with Crippen molar-refractivity contribution in [2.24, 2.45) is 12.5 Å². The SMILES string of the molecule is Cc1cc(C(C)OS(C)(=O)=O)c2nc(N3CCC(C)(C)CC3)n(C)c(=O)c2c1. The molecule has 0 radical (unpaired) electrons. The molecule has 1 aliphatic rings. The highest BCUT2D eigenvalue weighted by molar-refractivity contribution is 7.86. The Morgan fingerprint density at radius 2 is 1.82 bits per heavy atom. The first-order valence-corrected chi connectivity index (χ1v) is 11.3. The van der Waals surface area contributed by atoms with Gasteiger partial charge in [0.1, 0.15) is 6.10 Å². The van der Waals surface area contributed by atoms with E-state index in [2.05, 4.69) is 18.7 Å². The molecule has 2 heterocycles. The van der Waals surface area contributed by atoms with Crippen molar-refractivity contribution >= 4 is 27.0 Å². The number of nitrogens with zero attached hydrogens (tertiary/aromatic N) is 3. The molecule has 1 atom stereocenters. The van der Waals surface area contributed by atoms with E-state index in [4.69, 9.17) is 9.17 Å². The van der Waals surface area contributed by atoms with Crippen molar-refractivity contribution in [3.05, 3.63) is 33.6 Å². The number of fused-ring (bicyclic) bond motifs is 1. The molecule has 1 aromatic carbocycles. The summed E-state index contributed by atoms with van der Waals surface area (Å²) in [5.74, 6) is 0.615. The monoisotopic (exact) mass is 407 g/mol. The predicted molar refractivity (Wildman–Crippen MR) is 111 cm³/mol. The Labute approximate surface area is 166 Å². The number of aryl methyl sites for hydroxylation is 1. The molecule has 0 bridgehead atoms. The van der Waals surface area contributed by atoms with Crippen LogP contribution in [-0.4, -0.2) is 37.3 Å². The van der Waals surface area contributed by atoms with Gasteiger partial charge in [-0.25, -0.2) is 4.98 Å². The molecule has 0 spiro atoms. The molecule has 0 saturated carbocycles. The number of benzene rings is 1. The highest BCUT2D eigenvalue weighted by atomic mass is 32.2. The molecule has 28 heavy (non-hydrogen) atoms. The summed E-state index contributed by atoms with van der Waals surface area (Å²) in [6, 6.07) is 3.64. The van der Waals surface area contributed by atoms with Crippen LogP contribution >= 0.6 is 0 Å². The molecule has 1 fully saturated rings. The Hall–Kier alpha value is -1.93. The van der Waals surface area contributed by atoms with E-state index in [0.717, 1.165) is 37.8 Å². The smallest absolute Gasteiger partial charge is 0.264 e.